The Morgan fingerprint density at radius 3 is 2.67 bits per heavy atom. The van der Waals surface area contributed by atoms with E-state index in [9.17, 15) is 14.9 Å². The van der Waals surface area contributed by atoms with Crippen molar-refractivity contribution < 1.29 is 9.72 Å². The summed E-state index contributed by atoms with van der Waals surface area (Å²) in [5.74, 6) is 0.199. The molecule has 0 aliphatic rings. The van der Waals surface area contributed by atoms with E-state index in [-0.39, 0.29) is 17.8 Å². The number of nitro benzene ring substituents is 1. The van der Waals surface area contributed by atoms with Crippen LogP contribution in [0, 0.1) is 10.1 Å². The first-order valence-corrected chi connectivity index (χ1v) is 10.4. The Morgan fingerprint density at radius 2 is 1.91 bits per heavy atom. The molecule has 2 aromatic carbocycles. The van der Waals surface area contributed by atoms with E-state index in [1.54, 1.807) is 53.6 Å². The largest absolute Gasteiger partial charge is 0.375 e. The van der Waals surface area contributed by atoms with E-state index in [0.717, 1.165) is 11.1 Å². The molecule has 0 spiro atoms. The topological polar surface area (TPSA) is 115 Å². The molecule has 4 rings (SSSR count). The fourth-order valence-corrected chi connectivity index (χ4v) is 3.39. The number of nitrogens with zero attached hydrogens (tertiary/aromatic N) is 4. The second-order valence-electron chi connectivity index (χ2n) is 7.09. The Hall–Kier alpha value is -4.24. The zero-order chi connectivity index (χ0) is 23.2. The van der Waals surface area contributed by atoms with Gasteiger partial charge in [0.05, 0.1) is 4.92 Å². The summed E-state index contributed by atoms with van der Waals surface area (Å²) < 4.78 is 1.61. The number of carbonyl (C=O) groups is 1. The number of hydrogen-bond donors (Lipinski definition) is 2. The van der Waals surface area contributed by atoms with E-state index in [0.29, 0.717) is 23.1 Å². The number of nitro groups is 1. The van der Waals surface area contributed by atoms with Crippen molar-refractivity contribution in [2.45, 2.75) is 13.1 Å². The van der Waals surface area contributed by atoms with Gasteiger partial charge in [-0.3, -0.25) is 14.9 Å². The van der Waals surface area contributed by atoms with Crippen molar-refractivity contribution in [2.24, 2.45) is 0 Å². The van der Waals surface area contributed by atoms with Crippen LogP contribution in [-0.2, 0) is 13.1 Å². The number of pyridine rings is 1. The van der Waals surface area contributed by atoms with E-state index in [1.165, 1.54) is 12.1 Å². The minimum Gasteiger partial charge on any atom is -0.375 e. The molecule has 0 aliphatic carbocycles. The van der Waals surface area contributed by atoms with Crippen molar-refractivity contribution in [1.82, 2.24) is 20.1 Å². The number of nitrogens with one attached hydrogen (secondary N) is 2. The summed E-state index contributed by atoms with van der Waals surface area (Å²) in [7, 11) is 0. The van der Waals surface area contributed by atoms with Crippen LogP contribution in [0.1, 0.15) is 21.5 Å². The summed E-state index contributed by atoms with van der Waals surface area (Å²) in [6.45, 7) is 0.544. The lowest BCUT2D eigenvalue weighted by atomic mass is 10.1. The molecule has 33 heavy (non-hydrogen) atoms. The van der Waals surface area contributed by atoms with E-state index in [4.69, 9.17) is 11.6 Å². The fraction of sp³-hybridized carbons (Fsp3) is 0.0870. The lowest BCUT2D eigenvalue weighted by molar-refractivity contribution is -0.384. The van der Waals surface area contributed by atoms with Gasteiger partial charge in [0.15, 0.2) is 5.82 Å². The van der Waals surface area contributed by atoms with Crippen LogP contribution >= 0.6 is 11.6 Å². The number of halogens is 1. The highest BCUT2D eigenvalue weighted by molar-refractivity contribution is 6.31. The Morgan fingerprint density at radius 1 is 1.06 bits per heavy atom. The van der Waals surface area contributed by atoms with Crippen molar-refractivity contribution in [2.75, 3.05) is 5.32 Å². The molecule has 0 unspecified atom stereocenters. The van der Waals surface area contributed by atoms with Crippen LogP contribution in [0.2, 0.25) is 5.02 Å². The number of benzene rings is 2. The van der Waals surface area contributed by atoms with Crippen LogP contribution in [0.3, 0.4) is 0 Å². The predicted octanol–water partition coefficient (Wildman–Crippen LogP) is 4.37. The van der Waals surface area contributed by atoms with Crippen molar-refractivity contribution in [1.29, 1.82) is 0 Å². The lowest BCUT2D eigenvalue weighted by Gasteiger charge is -2.10. The molecule has 166 valence electrons. The molecule has 0 saturated heterocycles. The lowest BCUT2D eigenvalue weighted by Crippen LogP contribution is -2.23. The van der Waals surface area contributed by atoms with Crippen molar-refractivity contribution in [3.8, 4) is 5.82 Å². The molecule has 0 atom stereocenters. The maximum Gasteiger partial charge on any atom is 0.293 e. The normalized spacial score (nSPS) is 10.6. The number of carbonyl (C=O) groups excluding carboxylic acids is 1. The first kappa shape index (κ1) is 22.0. The third-order valence-electron chi connectivity index (χ3n) is 4.89. The molecule has 1 amide bonds. The molecule has 0 aliphatic heterocycles. The average Bonchev–Trinajstić information content (AvgIpc) is 3.37. The highest BCUT2D eigenvalue weighted by atomic mass is 35.5. The second kappa shape index (κ2) is 9.92. The highest BCUT2D eigenvalue weighted by Gasteiger charge is 2.18. The monoisotopic (exact) mass is 462 g/mol. The maximum atomic E-state index is 12.6. The van der Waals surface area contributed by atoms with Gasteiger partial charge in [-0.15, -0.1) is 0 Å². The van der Waals surface area contributed by atoms with E-state index in [1.807, 2.05) is 18.2 Å². The first-order chi connectivity index (χ1) is 16.0. The second-order valence-corrected chi connectivity index (χ2v) is 7.50. The Balaban J connectivity index is 1.44. The van der Waals surface area contributed by atoms with Gasteiger partial charge in [0.2, 0.25) is 0 Å². The van der Waals surface area contributed by atoms with Gasteiger partial charge in [-0.25, -0.2) is 9.67 Å². The van der Waals surface area contributed by atoms with Gasteiger partial charge in [-0.1, -0.05) is 29.8 Å². The van der Waals surface area contributed by atoms with Crippen LogP contribution in [0.5, 0.6) is 0 Å². The van der Waals surface area contributed by atoms with Gasteiger partial charge in [-0.05, 0) is 47.5 Å². The van der Waals surface area contributed by atoms with Crippen LogP contribution in [0.25, 0.3) is 5.82 Å². The third kappa shape index (κ3) is 5.34. The molecule has 0 saturated carbocycles. The van der Waals surface area contributed by atoms with Gasteiger partial charge in [0.25, 0.3) is 11.6 Å². The van der Waals surface area contributed by atoms with Crippen LogP contribution in [0.4, 0.5) is 11.4 Å². The predicted molar refractivity (Wildman–Crippen MR) is 124 cm³/mol. The number of rotatable bonds is 8. The molecule has 0 bridgehead atoms. The standard InChI is InChI=1S/C23H19ClN6O3/c24-19-5-2-1-4-18(19)15-26-20-7-6-17(13-21(20)30(32)33)23(31)27-14-16-8-10-25-22(12-16)29-11-3-9-28-29/h1-13,26H,14-15H2,(H,27,31). The maximum absolute atomic E-state index is 12.6. The van der Waals surface area contributed by atoms with Gasteiger partial charge in [-0.2, -0.15) is 5.10 Å². The van der Waals surface area contributed by atoms with Crippen LogP contribution in [-0.4, -0.2) is 25.6 Å². The quantitative estimate of drug-likeness (QED) is 0.297. The molecule has 9 nitrogen and oxygen atoms in total. The van der Waals surface area contributed by atoms with E-state index >= 15 is 0 Å². The summed E-state index contributed by atoms with van der Waals surface area (Å²) in [5, 5.41) is 22.1. The van der Waals surface area contributed by atoms with Gasteiger partial charge in [0, 0.05) is 48.3 Å². The summed E-state index contributed by atoms with van der Waals surface area (Å²) in [4.78, 5) is 28.0. The fourth-order valence-electron chi connectivity index (χ4n) is 3.19. The molecule has 2 aromatic heterocycles. The summed E-state index contributed by atoms with van der Waals surface area (Å²) in [6, 6.07) is 16.9. The van der Waals surface area contributed by atoms with E-state index in [2.05, 4.69) is 20.7 Å². The van der Waals surface area contributed by atoms with Crippen molar-refractivity contribution in [3.05, 3.63) is 111 Å². The molecule has 4 aromatic rings. The third-order valence-corrected chi connectivity index (χ3v) is 5.25. The number of anilines is 1. The van der Waals surface area contributed by atoms with Gasteiger partial charge < -0.3 is 10.6 Å². The Bertz CT molecular complexity index is 1290. The number of aromatic nitrogens is 3. The van der Waals surface area contributed by atoms with Gasteiger partial charge >= 0.3 is 0 Å². The molecule has 0 radical (unpaired) electrons. The molecular weight excluding hydrogens is 444 g/mol. The molecule has 2 N–H and O–H groups in total. The highest BCUT2D eigenvalue weighted by Crippen LogP contribution is 2.27. The Labute approximate surface area is 194 Å². The molecular formula is C23H19ClN6O3. The molecule has 2 heterocycles. The summed E-state index contributed by atoms with van der Waals surface area (Å²) >= 11 is 6.15. The van der Waals surface area contributed by atoms with Crippen molar-refractivity contribution in [3.63, 3.8) is 0 Å². The van der Waals surface area contributed by atoms with Crippen molar-refractivity contribution >= 4 is 28.9 Å². The van der Waals surface area contributed by atoms with E-state index < -0.39 is 10.8 Å². The Kier molecular flexibility index (Phi) is 6.61. The molecule has 10 heteroatoms. The smallest absolute Gasteiger partial charge is 0.293 e. The average molecular weight is 463 g/mol. The number of amides is 1. The van der Waals surface area contributed by atoms with Crippen LogP contribution in [0.15, 0.2) is 79.3 Å². The minimum atomic E-state index is -0.523. The minimum absolute atomic E-state index is 0.186. The van der Waals surface area contributed by atoms with Crippen LogP contribution < -0.4 is 10.6 Å². The molecule has 0 fully saturated rings. The first-order valence-electron chi connectivity index (χ1n) is 10.00. The summed E-state index contributed by atoms with van der Waals surface area (Å²) in [6.07, 6.45) is 5.05. The SMILES string of the molecule is O=C(NCc1ccnc(-n2cccn2)c1)c1ccc(NCc2ccccc2Cl)c([N+](=O)[O-])c1. The zero-order valence-corrected chi connectivity index (χ0v) is 18.1. The zero-order valence-electron chi connectivity index (χ0n) is 17.3. The number of hydrogen-bond acceptors (Lipinski definition) is 6. The summed E-state index contributed by atoms with van der Waals surface area (Å²) in [5.41, 5.74) is 1.92. The van der Waals surface area contributed by atoms with Gasteiger partial charge in [0.1, 0.15) is 5.69 Å².